The number of nitrogens with one attached hydrogen (secondary N) is 1. The van der Waals surface area contributed by atoms with Gasteiger partial charge in [0.1, 0.15) is 17.2 Å². The minimum absolute atomic E-state index is 0.0183. The van der Waals surface area contributed by atoms with E-state index < -0.39 is 23.7 Å². The number of likely N-dealkylation sites (tertiary alicyclic amines) is 1. The molecule has 0 bridgehead atoms. The van der Waals surface area contributed by atoms with Crippen LogP contribution in [0, 0.1) is 13.8 Å². The lowest BCUT2D eigenvalue weighted by atomic mass is 9.94. The van der Waals surface area contributed by atoms with Gasteiger partial charge in [-0.25, -0.2) is 4.79 Å². The summed E-state index contributed by atoms with van der Waals surface area (Å²) < 4.78 is 15.9. The van der Waals surface area contributed by atoms with Crippen LogP contribution in [0.1, 0.15) is 52.3 Å². The molecule has 2 aliphatic rings. The molecule has 1 amide bonds. The molecule has 0 aliphatic carbocycles. The largest absolute Gasteiger partial charge is 0.507 e. The summed E-state index contributed by atoms with van der Waals surface area (Å²) in [7, 11) is 1.54. The Balaban J connectivity index is 1.75. The van der Waals surface area contributed by atoms with Crippen molar-refractivity contribution in [2.24, 2.45) is 0 Å². The van der Waals surface area contributed by atoms with E-state index in [1.165, 1.54) is 4.90 Å². The summed E-state index contributed by atoms with van der Waals surface area (Å²) in [6.45, 7) is 9.37. The number of aliphatic hydroxyl groups excluding tert-OH is 1. The van der Waals surface area contributed by atoms with Gasteiger partial charge < -0.3 is 29.2 Å². The third kappa shape index (κ3) is 5.32. The first-order valence-corrected chi connectivity index (χ1v) is 12.9. The number of benzene rings is 1. The molecule has 2 fully saturated rings. The van der Waals surface area contributed by atoms with Gasteiger partial charge in [0, 0.05) is 37.4 Å². The van der Waals surface area contributed by atoms with Crippen LogP contribution in [-0.4, -0.2) is 90.7 Å². The summed E-state index contributed by atoms with van der Waals surface area (Å²) in [6, 6.07) is 6.32. The quantitative estimate of drug-likeness (QED) is 0.222. The number of carbonyl (C=O) groups is 3. The average molecular weight is 526 g/mol. The van der Waals surface area contributed by atoms with Crippen LogP contribution in [0.4, 0.5) is 0 Å². The van der Waals surface area contributed by atoms with Crippen LogP contribution in [0.3, 0.4) is 0 Å². The number of aryl methyl sites for hydroxylation is 1. The van der Waals surface area contributed by atoms with Gasteiger partial charge in [0.15, 0.2) is 0 Å². The Labute approximate surface area is 222 Å². The Morgan fingerprint density at radius 2 is 1.92 bits per heavy atom. The number of methoxy groups -OCH3 is 1. The van der Waals surface area contributed by atoms with Crippen molar-refractivity contribution in [1.82, 2.24) is 14.8 Å². The molecule has 0 saturated carbocycles. The molecule has 1 atom stereocenters. The van der Waals surface area contributed by atoms with E-state index in [4.69, 9.17) is 14.2 Å². The third-order valence-corrected chi connectivity index (χ3v) is 7.08. The lowest BCUT2D eigenvalue weighted by molar-refractivity contribution is -0.140. The molecule has 204 valence electrons. The predicted molar refractivity (Wildman–Crippen MR) is 140 cm³/mol. The van der Waals surface area contributed by atoms with Crippen LogP contribution in [0.2, 0.25) is 0 Å². The van der Waals surface area contributed by atoms with E-state index in [1.807, 2.05) is 6.07 Å². The van der Waals surface area contributed by atoms with E-state index in [1.54, 1.807) is 46.1 Å². The highest BCUT2D eigenvalue weighted by atomic mass is 16.5. The van der Waals surface area contributed by atoms with Crippen molar-refractivity contribution in [3.8, 4) is 5.75 Å². The molecule has 10 nitrogen and oxygen atoms in total. The van der Waals surface area contributed by atoms with Gasteiger partial charge in [-0.05, 0) is 50.5 Å². The zero-order valence-electron chi connectivity index (χ0n) is 22.3. The molecule has 2 saturated heterocycles. The van der Waals surface area contributed by atoms with Gasteiger partial charge in [-0.15, -0.1) is 0 Å². The van der Waals surface area contributed by atoms with Gasteiger partial charge in [-0.1, -0.05) is 12.1 Å². The number of hydrogen-bond acceptors (Lipinski definition) is 8. The molecule has 2 aliphatic heterocycles. The molecule has 1 aromatic carbocycles. The number of aromatic nitrogens is 1. The number of aliphatic hydroxyl groups is 1. The molecule has 2 N–H and O–H groups in total. The summed E-state index contributed by atoms with van der Waals surface area (Å²) in [6.07, 6.45) is 0.656. The van der Waals surface area contributed by atoms with Crippen LogP contribution in [0.15, 0.2) is 29.8 Å². The van der Waals surface area contributed by atoms with Crippen molar-refractivity contribution in [2.75, 3.05) is 53.1 Å². The zero-order valence-corrected chi connectivity index (χ0v) is 22.3. The molecule has 3 heterocycles. The van der Waals surface area contributed by atoms with E-state index in [0.717, 1.165) is 19.6 Å². The first-order chi connectivity index (χ1) is 18.3. The lowest BCUT2D eigenvalue weighted by Gasteiger charge is -2.29. The molecule has 0 unspecified atom stereocenters. The number of carbonyl (C=O) groups excluding carboxylic acids is 3. The number of nitrogens with zero attached hydrogens (tertiary/aromatic N) is 2. The van der Waals surface area contributed by atoms with Gasteiger partial charge in [0.05, 0.1) is 38.5 Å². The summed E-state index contributed by atoms with van der Waals surface area (Å²) >= 11 is 0. The van der Waals surface area contributed by atoms with Crippen LogP contribution in [0.5, 0.6) is 5.75 Å². The summed E-state index contributed by atoms with van der Waals surface area (Å²) in [5, 5.41) is 11.6. The SMILES string of the molecule is CCOC(=O)c1[nH]c(C)c(C(O)=C2C(=O)C(=O)N(CCCN3CCOCC3)[C@@H]2c2cccc(OC)c2)c1C. The number of ketones is 1. The average Bonchev–Trinajstić information content (AvgIpc) is 3.36. The second-order valence-corrected chi connectivity index (χ2v) is 9.42. The highest BCUT2D eigenvalue weighted by Crippen LogP contribution is 2.41. The maximum Gasteiger partial charge on any atom is 0.355 e. The molecular weight excluding hydrogens is 490 g/mol. The van der Waals surface area contributed by atoms with Crippen molar-refractivity contribution in [1.29, 1.82) is 0 Å². The fourth-order valence-corrected chi connectivity index (χ4v) is 5.21. The molecule has 10 heteroatoms. The number of amides is 1. The Morgan fingerprint density at radius 3 is 2.61 bits per heavy atom. The molecule has 1 aromatic heterocycles. The lowest BCUT2D eigenvalue weighted by Crippen LogP contribution is -2.38. The Hall–Kier alpha value is -3.63. The Bertz CT molecular complexity index is 1240. The predicted octanol–water partition coefficient (Wildman–Crippen LogP) is 2.96. The highest BCUT2D eigenvalue weighted by molar-refractivity contribution is 6.46. The van der Waals surface area contributed by atoms with E-state index in [0.29, 0.717) is 54.3 Å². The number of aromatic amines is 1. The summed E-state index contributed by atoms with van der Waals surface area (Å²) in [5.74, 6) is -1.74. The third-order valence-electron chi connectivity index (χ3n) is 7.08. The molecule has 0 spiro atoms. The van der Waals surface area contributed by atoms with Gasteiger partial charge in [0.25, 0.3) is 11.7 Å². The smallest absolute Gasteiger partial charge is 0.355 e. The zero-order chi connectivity index (χ0) is 27.4. The van der Waals surface area contributed by atoms with Gasteiger partial charge in [0.2, 0.25) is 0 Å². The number of Topliss-reactive ketones (excluding diaryl/α,β-unsaturated/α-hetero) is 1. The van der Waals surface area contributed by atoms with Crippen molar-refractivity contribution in [3.63, 3.8) is 0 Å². The van der Waals surface area contributed by atoms with Crippen LogP contribution in [0.25, 0.3) is 5.76 Å². The van der Waals surface area contributed by atoms with Crippen LogP contribution < -0.4 is 4.74 Å². The van der Waals surface area contributed by atoms with Crippen LogP contribution in [-0.2, 0) is 19.1 Å². The minimum atomic E-state index is -0.811. The first kappa shape index (κ1) is 27.4. The van der Waals surface area contributed by atoms with E-state index in [2.05, 4.69) is 9.88 Å². The monoisotopic (exact) mass is 525 g/mol. The maximum atomic E-state index is 13.4. The van der Waals surface area contributed by atoms with Gasteiger partial charge in [-0.2, -0.15) is 0 Å². The fraction of sp³-hybridized carbons (Fsp3) is 0.464. The van der Waals surface area contributed by atoms with Crippen molar-refractivity contribution >= 4 is 23.4 Å². The van der Waals surface area contributed by atoms with Crippen molar-refractivity contribution in [3.05, 3.63) is 57.9 Å². The van der Waals surface area contributed by atoms with Crippen molar-refractivity contribution < 1.29 is 33.7 Å². The maximum absolute atomic E-state index is 13.4. The molecule has 4 rings (SSSR count). The van der Waals surface area contributed by atoms with Gasteiger partial charge in [-0.3, -0.25) is 14.5 Å². The highest BCUT2D eigenvalue weighted by Gasteiger charge is 2.46. The number of hydrogen-bond donors (Lipinski definition) is 2. The molecule has 38 heavy (non-hydrogen) atoms. The standard InChI is InChI=1S/C28H35N3O7/c1-5-38-28(35)23-17(2)21(18(3)29-23)25(32)22-24(19-8-6-9-20(16-19)36-4)31(27(34)26(22)33)11-7-10-30-12-14-37-15-13-30/h6,8-9,16,24,29,32H,5,7,10-15H2,1-4H3/t24-/m1/s1. The minimum Gasteiger partial charge on any atom is -0.507 e. The number of H-pyrrole nitrogens is 1. The van der Waals surface area contributed by atoms with E-state index in [-0.39, 0.29) is 23.6 Å². The van der Waals surface area contributed by atoms with E-state index >= 15 is 0 Å². The fourth-order valence-electron chi connectivity index (χ4n) is 5.21. The molecular formula is C28H35N3O7. The normalized spacial score (nSPS) is 19.7. The first-order valence-electron chi connectivity index (χ1n) is 12.9. The van der Waals surface area contributed by atoms with Crippen LogP contribution >= 0.6 is 0 Å². The summed E-state index contributed by atoms with van der Waals surface area (Å²) in [4.78, 5) is 46.0. The van der Waals surface area contributed by atoms with E-state index in [9.17, 15) is 19.5 Å². The van der Waals surface area contributed by atoms with Crippen molar-refractivity contribution in [2.45, 2.75) is 33.2 Å². The molecule has 2 aromatic rings. The number of rotatable bonds is 9. The Morgan fingerprint density at radius 1 is 1.18 bits per heavy atom. The van der Waals surface area contributed by atoms with Gasteiger partial charge >= 0.3 is 5.97 Å². The topological polar surface area (TPSA) is 121 Å². The Kier molecular flexibility index (Phi) is 8.53. The number of esters is 1. The molecule has 0 radical (unpaired) electrons. The number of ether oxygens (including phenoxy) is 3. The summed E-state index contributed by atoms with van der Waals surface area (Å²) in [5.41, 5.74) is 2.08. The number of morpholine rings is 1. The second kappa shape index (κ2) is 11.8. The second-order valence-electron chi connectivity index (χ2n) is 9.42.